The van der Waals surface area contributed by atoms with Gasteiger partial charge in [0.05, 0.1) is 12.3 Å². The first kappa shape index (κ1) is 22.0. The minimum absolute atomic E-state index is 0.0561. The minimum Gasteiger partial charge on any atom is -0.312 e. The van der Waals surface area contributed by atoms with Gasteiger partial charge in [0.15, 0.2) is 5.82 Å². The molecule has 0 fully saturated rings. The third kappa shape index (κ3) is 6.12. The van der Waals surface area contributed by atoms with Crippen LogP contribution in [0.5, 0.6) is 0 Å². The third-order valence-corrected chi connectivity index (χ3v) is 5.84. The van der Waals surface area contributed by atoms with Gasteiger partial charge in [0.25, 0.3) is 0 Å². The van der Waals surface area contributed by atoms with Crippen molar-refractivity contribution in [3.8, 4) is 0 Å². The van der Waals surface area contributed by atoms with Crippen molar-refractivity contribution in [1.29, 1.82) is 0 Å². The number of nitrogens with one attached hydrogen (secondary N) is 1. The number of hydrogen-bond acceptors (Lipinski definition) is 5. The summed E-state index contributed by atoms with van der Waals surface area (Å²) < 4.78 is 28.4. The fraction of sp³-hybridized carbons (Fsp3) is 0.500. The molecule has 1 aliphatic heterocycles. The number of sulfonamides is 1. The van der Waals surface area contributed by atoms with Crippen LogP contribution in [0.25, 0.3) is 6.08 Å². The zero-order valence-electron chi connectivity index (χ0n) is 17.0. The molecule has 1 atom stereocenters. The number of halogens is 1. The van der Waals surface area contributed by atoms with Gasteiger partial charge in [-0.3, -0.25) is 4.90 Å². The van der Waals surface area contributed by atoms with E-state index in [0.29, 0.717) is 18.9 Å². The van der Waals surface area contributed by atoms with E-state index in [2.05, 4.69) is 24.4 Å². The van der Waals surface area contributed by atoms with Crippen LogP contribution in [0.3, 0.4) is 0 Å². The molecule has 158 valence electrons. The topological polar surface area (TPSA) is 80.1 Å². The van der Waals surface area contributed by atoms with Crippen molar-refractivity contribution in [3.63, 3.8) is 0 Å². The number of benzene rings is 1. The highest BCUT2D eigenvalue weighted by Crippen LogP contribution is 2.23. The van der Waals surface area contributed by atoms with Crippen LogP contribution in [0.1, 0.15) is 37.1 Å². The molecule has 29 heavy (non-hydrogen) atoms. The summed E-state index contributed by atoms with van der Waals surface area (Å²) in [6.07, 6.45) is 3.90. The lowest BCUT2D eigenvalue weighted by Crippen LogP contribution is -2.34. The van der Waals surface area contributed by atoms with Crippen molar-refractivity contribution in [2.75, 3.05) is 25.9 Å². The lowest BCUT2D eigenvalue weighted by Gasteiger charge is -2.22. The van der Waals surface area contributed by atoms with E-state index >= 15 is 0 Å². The maximum Gasteiger partial charge on any atom is 0.209 e. The van der Waals surface area contributed by atoms with Crippen molar-refractivity contribution in [2.45, 2.75) is 32.9 Å². The summed E-state index contributed by atoms with van der Waals surface area (Å²) in [5.41, 5.74) is 1.08. The summed E-state index contributed by atoms with van der Waals surface area (Å²) in [5, 5.41) is 9.44. The molecular weight excluding hydrogens is 410 g/mol. The smallest absolute Gasteiger partial charge is 0.209 e. The number of rotatable bonds is 7. The summed E-state index contributed by atoms with van der Waals surface area (Å²) >= 11 is 6.49. The van der Waals surface area contributed by atoms with Crippen LogP contribution < -0.4 is 4.72 Å². The quantitative estimate of drug-likeness (QED) is 0.720. The molecule has 7 nitrogen and oxygen atoms in total. The fourth-order valence-electron chi connectivity index (χ4n) is 3.48. The Labute approximate surface area is 177 Å². The molecule has 1 aliphatic rings. The Morgan fingerprint density at radius 3 is 2.59 bits per heavy atom. The predicted octanol–water partition coefficient (Wildman–Crippen LogP) is 2.66. The maximum atomic E-state index is 11.8. The fourth-order valence-corrected chi connectivity index (χ4v) is 4.62. The average molecular weight is 438 g/mol. The second-order valence-electron chi connectivity index (χ2n) is 7.77. The van der Waals surface area contributed by atoms with Crippen LogP contribution in [-0.2, 0) is 23.0 Å². The molecule has 1 unspecified atom stereocenters. The summed E-state index contributed by atoms with van der Waals surface area (Å²) in [7, 11) is -3.35. The molecule has 0 radical (unpaired) electrons. The van der Waals surface area contributed by atoms with E-state index in [1.54, 1.807) is 0 Å². The Bertz CT molecular complexity index is 957. The van der Waals surface area contributed by atoms with Gasteiger partial charge in [0, 0.05) is 37.6 Å². The Kier molecular flexibility index (Phi) is 7.10. The zero-order valence-corrected chi connectivity index (χ0v) is 18.6. The van der Waals surface area contributed by atoms with Gasteiger partial charge in [0.2, 0.25) is 10.0 Å². The first-order valence-electron chi connectivity index (χ1n) is 9.75. The van der Waals surface area contributed by atoms with Crippen LogP contribution in [0.4, 0.5) is 0 Å². The van der Waals surface area contributed by atoms with Crippen molar-refractivity contribution >= 4 is 27.7 Å². The summed E-state index contributed by atoms with van der Waals surface area (Å²) in [5.74, 6) is 1.61. The molecular formula is C20H28ClN5O2S. The standard InChI is InChI=1S/C20H28ClN5O2S/c1-15(2)19(24-29(3,27)28)20-23-22-18-9-10-25(11-12-26(18)20)14-17(21)13-16-7-5-4-6-8-16/h4-8,13,15,19,24H,9-12,14H2,1-3H3. The molecule has 2 heterocycles. The van der Waals surface area contributed by atoms with Crippen molar-refractivity contribution in [2.24, 2.45) is 5.92 Å². The Balaban J connectivity index is 1.71. The number of hydrogen-bond donors (Lipinski definition) is 1. The summed E-state index contributed by atoms with van der Waals surface area (Å²) in [6.45, 7) is 6.92. The van der Waals surface area contributed by atoms with E-state index in [-0.39, 0.29) is 5.92 Å². The van der Waals surface area contributed by atoms with E-state index in [4.69, 9.17) is 11.6 Å². The monoisotopic (exact) mass is 437 g/mol. The van der Waals surface area contributed by atoms with Crippen molar-refractivity contribution in [1.82, 2.24) is 24.4 Å². The van der Waals surface area contributed by atoms with Gasteiger partial charge in [-0.25, -0.2) is 13.1 Å². The highest BCUT2D eigenvalue weighted by Gasteiger charge is 2.28. The van der Waals surface area contributed by atoms with Crippen LogP contribution in [-0.4, -0.2) is 54.0 Å². The molecule has 9 heteroatoms. The average Bonchev–Trinajstić information content (AvgIpc) is 2.94. The number of aromatic nitrogens is 3. The molecule has 1 N–H and O–H groups in total. The molecule has 1 aromatic carbocycles. The van der Waals surface area contributed by atoms with Crippen molar-refractivity contribution in [3.05, 3.63) is 52.6 Å². The SMILES string of the molecule is CC(C)C(NS(C)(=O)=O)c1nnc2n1CCN(CC(Cl)=Cc1ccccc1)CC2. The number of fused-ring (bicyclic) bond motifs is 1. The van der Waals surface area contributed by atoms with Gasteiger partial charge in [-0.2, -0.15) is 0 Å². The molecule has 2 aromatic rings. The van der Waals surface area contributed by atoms with E-state index in [0.717, 1.165) is 35.9 Å². The zero-order chi connectivity index (χ0) is 21.0. The molecule has 0 amide bonds. The van der Waals surface area contributed by atoms with Crippen LogP contribution in [0, 0.1) is 5.92 Å². The number of nitrogens with zero attached hydrogens (tertiary/aromatic N) is 4. The van der Waals surface area contributed by atoms with E-state index < -0.39 is 16.1 Å². The molecule has 0 bridgehead atoms. The second kappa shape index (κ2) is 9.38. The lowest BCUT2D eigenvalue weighted by molar-refractivity contribution is 0.303. The highest BCUT2D eigenvalue weighted by atomic mass is 35.5. The molecule has 0 aliphatic carbocycles. The van der Waals surface area contributed by atoms with Gasteiger partial charge < -0.3 is 4.57 Å². The second-order valence-corrected chi connectivity index (χ2v) is 10.0. The summed E-state index contributed by atoms with van der Waals surface area (Å²) in [6, 6.07) is 9.62. The Morgan fingerprint density at radius 2 is 1.93 bits per heavy atom. The molecule has 0 spiro atoms. The highest BCUT2D eigenvalue weighted by molar-refractivity contribution is 7.88. The first-order chi connectivity index (χ1) is 13.7. The first-order valence-corrected chi connectivity index (χ1v) is 12.0. The van der Waals surface area contributed by atoms with Gasteiger partial charge in [-0.15, -0.1) is 10.2 Å². The molecule has 0 saturated heterocycles. The lowest BCUT2D eigenvalue weighted by atomic mass is 10.1. The van der Waals surface area contributed by atoms with Gasteiger partial charge >= 0.3 is 0 Å². The van der Waals surface area contributed by atoms with Gasteiger partial charge in [0.1, 0.15) is 5.82 Å². The Morgan fingerprint density at radius 1 is 1.21 bits per heavy atom. The van der Waals surface area contributed by atoms with Gasteiger partial charge in [-0.05, 0) is 17.6 Å². The van der Waals surface area contributed by atoms with Crippen LogP contribution in [0.2, 0.25) is 0 Å². The van der Waals surface area contributed by atoms with Crippen molar-refractivity contribution < 1.29 is 8.42 Å². The third-order valence-electron chi connectivity index (χ3n) is 4.93. The van der Waals surface area contributed by atoms with E-state index in [9.17, 15) is 8.42 Å². The van der Waals surface area contributed by atoms with Gasteiger partial charge in [-0.1, -0.05) is 55.8 Å². The molecule has 1 aromatic heterocycles. The predicted molar refractivity (Wildman–Crippen MR) is 116 cm³/mol. The summed E-state index contributed by atoms with van der Waals surface area (Å²) in [4.78, 5) is 2.29. The molecule has 3 rings (SSSR count). The largest absolute Gasteiger partial charge is 0.312 e. The van der Waals surface area contributed by atoms with E-state index in [1.165, 1.54) is 6.26 Å². The maximum absolute atomic E-state index is 11.8. The normalized spacial score (nSPS) is 17.2. The van der Waals surface area contributed by atoms with E-state index in [1.807, 2.05) is 50.3 Å². The van der Waals surface area contributed by atoms with Crippen LogP contribution >= 0.6 is 11.6 Å². The van der Waals surface area contributed by atoms with Crippen LogP contribution in [0.15, 0.2) is 35.4 Å². The molecule has 0 saturated carbocycles. The Hall–Kier alpha value is -1.74. The minimum atomic E-state index is -3.35.